The largest absolute Gasteiger partial charge is 0.339 e. The number of hydrogen-bond donors (Lipinski definition) is 0. The van der Waals surface area contributed by atoms with Crippen LogP contribution in [0.3, 0.4) is 0 Å². The fourth-order valence-electron chi connectivity index (χ4n) is 2.00. The van der Waals surface area contributed by atoms with Crippen molar-refractivity contribution in [3.05, 3.63) is 58.8 Å². The predicted molar refractivity (Wildman–Crippen MR) is 73.0 cm³/mol. The fraction of sp³-hybridized carbons (Fsp3) is 0.143. The fourth-order valence-corrected chi connectivity index (χ4v) is 2.22. The average molecular weight is 292 g/mol. The Hall–Kier alpha value is -2.14. The molecule has 0 aliphatic carbocycles. The molecule has 0 unspecified atom stereocenters. The van der Waals surface area contributed by atoms with Crippen LogP contribution in [0, 0.1) is 12.7 Å². The Kier molecular flexibility index (Phi) is 3.28. The number of rotatable bonds is 3. The zero-order chi connectivity index (χ0) is 14.1. The molecule has 0 fully saturated rings. The van der Waals surface area contributed by atoms with E-state index in [1.54, 1.807) is 19.1 Å². The molecule has 0 radical (unpaired) electrons. The highest BCUT2D eigenvalue weighted by atomic mass is 35.5. The molecule has 3 rings (SSSR count). The van der Waals surface area contributed by atoms with E-state index in [0.717, 1.165) is 5.69 Å². The van der Waals surface area contributed by atoms with Crippen molar-refractivity contribution in [1.29, 1.82) is 0 Å². The first-order valence-electron chi connectivity index (χ1n) is 6.04. The molecule has 0 saturated carbocycles. The van der Waals surface area contributed by atoms with E-state index in [0.29, 0.717) is 28.8 Å². The van der Waals surface area contributed by atoms with Crippen LogP contribution in [0.2, 0.25) is 5.02 Å². The lowest BCUT2D eigenvalue weighted by Crippen LogP contribution is -2.03. The van der Waals surface area contributed by atoms with Crippen molar-refractivity contribution < 1.29 is 8.91 Å². The number of benzene rings is 1. The van der Waals surface area contributed by atoms with Crippen LogP contribution >= 0.6 is 11.6 Å². The molecule has 0 atom stereocenters. The molecule has 6 heteroatoms. The highest BCUT2D eigenvalue weighted by Gasteiger charge is 2.14. The van der Waals surface area contributed by atoms with Crippen LogP contribution in [0.25, 0.3) is 11.6 Å². The van der Waals surface area contributed by atoms with E-state index < -0.39 is 0 Å². The first-order chi connectivity index (χ1) is 9.65. The summed E-state index contributed by atoms with van der Waals surface area (Å²) in [5, 5.41) is 4.15. The minimum Gasteiger partial charge on any atom is -0.339 e. The summed E-state index contributed by atoms with van der Waals surface area (Å²) in [4.78, 5) is 4.17. The van der Waals surface area contributed by atoms with Crippen LogP contribution in [-0.2, 0) is 6.54 Å². The predicted octanol–water partition coefficient (Wildman–Crippen LogP) is 3.69. The zero-order valence-electron chi connectivity index (χ0n) is 10.7. The summed E-state index contributed by atoms with van der Waals surface area (Å²) in [6, 6.07) is 8.31. The van der Waals surface area contributed by atoms with Gasteiger partial charge in [0.2, 0.25) is 0 Å². The number of halogens is 2. The maximum atomic E-state index is 13.8. The van der Waals surface area contributed by atoms with E-state index in [4.69, 9.17) is 16.1 Å². The van der Waals surface area contributed by atoms with Crippen LogP contribution in [0.15, 0.2) is 41.1 Å². The minimum atomic E-state index is -0.334. The SMILES string of the molecule is Cc1noc(-c2cccn2Cc2c(F)cccc2Cl)n1. The molecule has 2 aromatic heterocycles. The van der Waals surface area contributed by atoms with Gasteiger partial charge in [0.1, 0.15) is 11.5 Å². The molecule has 0 aliphatic heterocycles. The van der Waals surface area contributed by atoms with Crippen molar-refractivity contribution in [1.82, 2.24) is 14.7 Å². The topological polar surface area (TPSA) is 43.9 Å². The van der Waals surface area contributed by atoms with E-state index in [1.165, 1.54) is 6.07 Å². The van der Waals surface area contributed by atoms with Crippen LogP contribution in [0.4, 0.5) is 4.39 Å². The lowest BCUT2D eigenvalue weighted by molar-refractivity contribution is 0.422. The first-order valence-corrected chi connectivity index (χ1v) is 6.41. The van der Waals surface area contributed by atoms with Crippen molar-refractivity contribution in [3.63, 3.8) is 0 Å². The second kappa shape index (κ2) is 5.09. The highest BCUT2D eigenvalue weighted by Crippen LogP contribution is 2.24. The lowest BCUT2D eigenvalue weighted by Gasteiger charge is -2.09. The van der Waals surface area contributed by atoms with Crippen LogP contribution < -0.4 is 0 Å². The second-order valence-electron chi connectivity index (χ2n) is 4.37. The number of aryl methyl sites for hydroxylation is 1. The average Bonchev–Trinajstić information content (AvgIpc) is 3.02. The van der Waals surface area contributed by atoms with Gasteiger partial charge in [-0.25, -0.2) is 4.39 Å². The third kappa shape index (κ3) is 2.32. The molecule has 0 saturated heterocycles. The highest BCUT2D eigenvalue weighted by molar-refractivity contribution is 6.31. The van der Waals surface area contributed by atoms with E-state index >= 15 is 0 Å². The summed E-state index contributed by atoms with van der Waals surface area (Å²) in [5.41, 5.74) is 1.16. The third-order valence-electron chi connectivity index (χ3n) is 2.97. The molecule has 0 N–H and O–H groups in total. The minimum absolute atomic E-state index is 0.301. The van der Waals surface area contributed by atoms with Gasteiger partial charge in [-0.05, 0) is 31.2 Å². The van der Waals surface area contributed by atoms with Crippen molar-refractivity contribution >= 4 is 11.6 Å². The van der Waals surface area contributed by atoms with Gasteiger partial charge in [-0.2, -0.15) is 4.98 Å². The Balaban J connectivity index is 1.99. The number of hydrogen-bond acceptors (Lipinski definition) is 3. The summed E-state index contributed by atoms with van der Waals surface area (Å²) in [6.45, 7) is 2.04. The second-order valence-corrected chi connectivity index (χ2v) is 4.78. The van der Waals surface area contributed by atoms with E-state index in [2.05, 4.69) is 10.1 Å². The van der Waals surface area contributed by atoms with Gasteiger partial charge in [0.25, 0.3) is 5.89 Å². The number of nitrogens with zero attached hydrogens (tertiary/aromatic N) is 3. The Morgan fingerprint density at radius 2 is 2.15 bits per heavy atom. The zero-order valence-corrected chi connectivity index (χ0v) is 11.4. The van der Waals surface area contributed by atoms with E-state index in [-0.39, 0.29) is 5.82 Å². The molecular weight excluding hydrogens is 281 g/mol. The van der Waals surface area contributed by atoms with Crippen molar-refractivity contribution in [2.75, 3.05) is 0 Å². The van der Waals surface area contributed by atoms with Crippen molar-refractivity contribution in [3.8, 4) is 11.6 Å². The smallest absolute Gasteiger partial charge is 0.274 e. The first kappa shape index (κ1) is 12.9. The monoisotopic (exact) mass is 291 g/mol. The van der Waals surface area contributed by atoms with Crippen LogP contribution in [-0.4, -0.2) is 14.7 Å². The van der Waals surface area contributed by atoms with Crippen LogP contribution in [0.1, 0.15) is 11.4 Å². The molecule has 1 aromatic carbocycles. The Bertz CT molecular complexity index is 730. The molecule has 20 heavy (non-hydrogen) atoms. The van der Waals surface area contributed by atoms with Crippen molar-refractivity contribution in [2.45, 2.75) is 13.5 Å². The Morgan fingerprint density at radius 3 is 2.85 bits per heavy atom. The third-order valence-corrected chi connectivity index (χ3v) is 3.32. The molecule has 0 bridgehead atoms. The van der Waals surface area contributed by atoms with Crippen molar-refractivity contribution in [2.24, 2.45) is 0 Å². The summed E-state index contributed by atoms with van der Waals surface area (Å²) >= 11 is 6.04. The summed E-state index contributed by atoms with van der Waals surface area (Å²) in [6.07, 6.45) is 1.82. The molecule has 0 spiro atoms. The van der Waals surface area contributed by atoms with Gasteiger partial charge in [-0.1, -0.05) is 22.8 Å². The molecule has 0 amide bonds. The van der Waals surface area contributed by atoms with Gasteiger partial charge in [-0.3, -0.25) is 0 Å². The van der Waals surface area contributed by atoms with Crippen LogP contribution in [0.5, 0.6) is 0 Å². The normalized spacial score (nSPS) is 10.9. The van der Waals surface area contributed by atoms with Gasteiger partial charge in [0.05, 0.1) is 6.54 Å². The molecule has 4 nitrogen and oxygen atoms in total. The van der Waals surface area contributed by atoms with Gasteiger partial charge in [-0.15, -0.1) is 0 Å². The maximum Gasteiger partial charge on any atom is 0.274 e. The Morgan fingerprint density at radius 1 is 1.30 bits per heavy atom. The Labute approximate surface area is 119 Å². The van der Waals surface area contributed by atoms with Gasteiger partial charge in [0, 0.05) is 16.8 Å². The molecule has 0 aliphatic rings. The van der Waals surface area contributed by atoms with E-state index in [1.807, 2.05) is 22.9 Å². The lowest BCUT2D eigenvalue weighted by atomic mass is 10.2. The quantitative estimate of drug-likeness (QED) is 0.739. The summed E-state index contributed by atoms with van der Waals surface area (Å²) < 4.78 is 20.8. The molecule has 2 heterocycles. The van der Waals surface area contributed by atoms with Gasteiger partial charge >= 0.3 is 0 Å². The maximum absolute atomic E-state index is 13.8. The number of aromatic nitrogens is 3. The molecule has 3 aromatic rings. The summed E-state index contributed by atoms with van der Waals surface area (Å²) in [5.74, 6) is 0.621. The molecule has 102 valence electrons. The van der Waals surface area contributed by atoms with Gasteiger partial charge < -0.3 is 9.09 Å². The molecular formula is C14H11ClFN3O. The standard InChI is InChI=1S/C14H11ClFN3O/c1-9-17-14(20-18-9)13-6-3-7-19(13)8-10-11(15)4-2-5-12(10)16/h2-7H,8H2,1H3. The van der Waals surface area contributed by atoms with E-state index in [9.17, 15) is 4.39 Å². The summed E-state index contributed by atoms with van der Waals surface area (Å²) in [7, 11) is 0. The van der Waals surface area contributed by atoms with Gasteiger partial charge in [0.15, 0.2) is 5.82 Å².